The second kappa shape index (κ2) is 7.60. The maximum Gasteiger partial charge on any atom is 0.307 e. The van der Waals surface area contributed by atoms with Crippen molar-refractivity contribution in [2.75, 3.05) is 6.61 Å². The number of hydrogen-bond acceptors (Lipinski definition) is 3. The van der Waals surface area contributed by atoms with E-state index in [1.54, 1.807) is 6.92 Å². The number of carbonyl (C=O) groups excluding carboxylic acids is 1. The van der Waals surface area contributed by atoms with Gasteiger partial charge in [-0.2, -0.15) is 5.26 Å². The summed E-state index contributed by atoms with van der Waals surface area (Å²) in [5.41, 5.74) is 0. The number of unbranched alkanes of at least 4 members (excludes halogenated alkanes) is 2. The van der Waals surface area contributed by atoms with Crippen molar-refractivity contribution in [1.29, 1.82) is 5.26 Å². The number of nitrogens with zero attached hydrogens (tertiary/aromatic N) is 1. The van der Waals surface area contributed by atoms with Gasteiger partial charge in [0, 0.05) is 0 Å². The van der Waals surface area contributed by atoms with Gasteiger partial charge in [-0.1, -0.05) is 19.8 Å². The lowest BCUT2D eigenvalue weighted by molar-refractivity contribution is -0.144. The van der Waals surface area contributed by atoms with Crippen molar-refractivity contribution >= 4 is 5.97 Å². The molecule has 0 N–H and O–H groups in total. The highest BCUT2D eigenvalue weighted by molar-refractivity contribution is 5.69. The Labute approximate surface area is 79.7 Å². The Hall–Kier alpha value is -1.04. The van der Waals surface area contributed by atoms with E-state index in [9.17, 15) is 4.79 Å². The number of rotatable bonds is 6. The number of carbonyl (C=O) groups is 1. The number of nitriles is 1. The predicted molar refractivity (Wildman–Crippen MR) is 49.9 cm³/mol. The number of hydrogen-bond donors (Lipinski definition) is 0. The SMILES string of the molecule is CCCCCOC(=O)CC(C)C#N. The highest BCUT2D eigenvalue weighted by Gasteiger charge is 2.08. The van der Waals surface area contributed by atoms with Gasteiger partial charge in [-0.3, -0.25) is 4.79 Å². The molecule has 1 atom stereocenters. The maximum atomic E-state index is 11.0. The quantitative estimate of drug-likeness (QED) is 0.469. The average molecular weight is 183 g/mol. The fourth-order valence-corrected chi connectivity index (χ4v) is 0.893. The van der Waals surface area contributed by atoms with Crippen LogP contribution in [-0.4, -0.2) is 12.6 Å². The van der Waals surface area contributed by atoms with Gasteiger partial charge in [-0.05, 0) is 13.3 Å². The van der Waals surface area contributed by atoms with Gasteiger partial charge in [0.2, 0.25) is 0 Å². The van der Waals surface area contributed by atoms with Crippen LogP contribution < -0.4 is 0 Å². The van der Waals surface area contributed by atoms with Crippen molar-refractivity contribution in [2.24, 2.45) is 5.92 Å². The Morgan fingerprint density at radius 2 is 2.23 bits per heavy atom. The summed E-state index contributed by atoms with van der Waals surface area (Å²) in [6.07, 6.45) is 3.33. The zero-order chi connectivity index (χ0) is 10.1. The van der Waals surface area contributed by atoms with Gasteiger partial charge in [0.15, 0.2) is 0 Å². The van der Waals surface area contributed by atoms with Crippen LogP contribution in [0.2, 0.25) is 0 Å². The van der Waals surface area contributed by atoms with Crippen LogP contribution in [0.25, 0.3) is 0 Å². The number of ether oxygens (including phenoxy) is 1. The molecule has 0 spiro atoms. The van der Waals surface area contributed by atoms with E-state index >= 15 is 0 Å². The molecule has 1 unspecified atom stereocenters. The zero-order valence-corrected chi connectivity index (χ0v) is 8.38. The lowest BCUT2D eigenvalue weighted by atomic mass is 10.1. The molecule has 0 rings (SSSR count). The Kier molecular flexibility index (Phi) is 6.99. The fourth-order valence-electron chi connectivity index (χ4n) is 0.893. The summed E-state index contributed by atoms with van der Waals surface area (Å²) in [6.45, 7) is 4.30. The van der Waals surface area contributed by atoms with E-state index in [4.69, 9.17) is 10.00 Å². The largest absolute Gasteiger partial charge is 0.466 e. The standard InChI is InChI=1S/C10H17NO2/c1-3-4-5-6-13-10(12)7-9(2)8-11/h9H,3-7H2,1-2H3. The Bertz CT molecular complexity index is 184. The average Bonchev–Trinajstić information content (AvgIpc) is 2.12. The molecule has 13 heavy (non-hydrogen) atoms. The van der Waals surface area contributed by atoms with E-state index in [1.807, 2.05) is 6.07 Å². The molecule has 0 aliphatic carbocycles. The molecule has 0 aliphatic heterocycles. The molecule has 0 aromatic heterocycles. The molecule has 0 bridgehead atoms. The normalized spacial score (nSPS) is 11.8. The van der Waals surface area contributed by atoms with Crippen LogP contribution in [0.3, 0.4) is 0 Å². The molecule has 3 heteroatoms. The minimum absolute atomic E-state index is 0.211. The Morgan fingerprint density at radius 1 is 1.54 bits per heavy atom. The molecule has 0 aromatic carbocycles. The molecule has 0 saturated heterocycles. The third-order valence-electron chi connectivity index (χ3n) is 1.70. The van der Waals surface area contributed by atoms with Crippen molar-refractivity contribution in [3.8, 4) is 6.07 Å². The van der Waals surface area contributed by atoms with Crippen LogP contribution in [0, 0.1) is 17.2 Å². The molecular weight excluding hydrogens is 166 g/mol. The molecule has 3 nitrogen and oxygen atoms in total. The minimum atomic E-state index is -0.259. The van der Waals surface area contributed by atoms with Gasteiger partial charge in [-0.25, -0.2) is 0 Å². The predicted octanol–water partition coefficient (Wildman–Crippen LogP) is 2.27. The zero-order valence-electron chi connectivity index (χ0n) is 8.38. The van der Waals surface area contributed by atoms with Gasteiger partial charge in [0.05, 0.1) is 25.0 Å². The van der Waals surface area contributed by atoms with Crippen LogP contribution in [-0.2, 0) is 9.53 Å². The van der Waals surface area contributed by atoms with Crippen molar-refractivity contribution in [1.82, 2.24) is 0 Å². The highest BCUT2D eigenvalue weighted by Crippen LogP contribution is 2.02. The summed E-state index contributed by atoms with van der Waals surface area (Å²) in [5.74, 6) is -0.496. The molecule has 0 radical (unpaired) electrons. The molecule has 0 amide bonds. The monoisotopic (exact) mass is 183 g/mol. The maximum absolute atomic E-state index is 11.0. The first-order chi connectivity index (χ1) is 6.20. The van der Waals surface area contributed by atoms with Gasteiger partial charge >= 0.3 is 5.97 Å². The van der Waals surface area contributed by atoms with Gasteiger partial charge in [0.25, 0.3) is 0 Å². The van der Waals surface area contributed by atoms with Crippen LogP contribution >= 0.6 is 0 Å². The summed E-state index contributed by atoms with van der Waals surface area (Å²) >= 11 is 0. The highest BCUT2D eigenvalue weighted by atomic mass is 16.5. The van der Waals surface area contributed by atoms with Gasteiger partial charge in [0.1, 0.15) is 0 Å². The fraction of sp³-hybridized carbons (Fsp3) is 0.800. The summed E-state index contributed by atoms with van der Waals surface area (Å²) in [7, 11) is 0. The topological polar surface area (TPSA) is 50.1 Å². The van der Waals surface area contributed by atoms with E-state index < -0.39 is 0 Å². The summed E-state index contributed by atoms with van der Waals surface area (Å²) in [5, 5.41) is 8.44. The second-order valence-electron chi connectivity index (χ2n) is 3.16. The third-order valence-corrected chi connectivity index (χ3v) is 1.70. The van der Waals surface area contributed by atoms with E-state index in [-0.39, 0.29) is 18.3 Å². The van der Waals surface area contributed by atoms with Crippen molar-refractivity contribution in [3.63, 3.8) is 0 Å². The molecule has 0 heterocycles. The van der Waals surface area contributed by atoms with E-state index in [0.717, 1.165) is 19.3 Å². The summed E-state index contributed by atoms with van der Waals surface area (Å²) < 4.78 is 4.93. The van der Waals surface area contributed by atoms with E-state index in [0.29, 0.717) is 6.61 Å². The molecular formula is C10H17NO2. The Morgan fingerprint density at radius 3 is 2.77 bits per heavy atom. The lowest BCUT2D eigenvalue weighted by Gasteiger charge is -2.04. The molecule has 0 fully saturated rings. The first-order valence-corrected chi connectivity index (χ1v) is 4.76. The molecule has 0 saturated carbocycles. The molecule has 74 valence electrons. The first kappa shape index (κ1) is 12.0. The van der Waals surface area contributed by atoms with Crippen molar-refractivity contribution in [3.05, 3.63) is 0 Å². The summed E-state index contributed by atoms with van der Waals surface area (Å²) in [4.78, 5) is 11.0. The number of esters is 1. The van der Waals surface area contributed by atoms with Crippen LogP contribution in [0.5, 0.6) is 0 Å². The summed E-state index contributed by atoms with van der Waals surface area (Å²) in [6, 6.07) is 2.00. The third kappa shape index (κ3) is 7.32. The van der Waals surface area contributed by atoms with E-state index in [1.165, 1.54) is 0 Å². The van der Waals surface area contributed by atoms with Crippen molar-refractivity contribution < 1.29 is 9.53 Å². The van der Waals surface area contributed by atoms with Crippen LogP contribution in [0.15, 0.2) is 0 Å². The molecule has 0 aromatic rings. The minimum Gasteiger partial charge on any atom is -0.466 e. The smallest absolute Gasteiger partial charge is 0.307 e. The van der Waals surface area contributed by atoms with Gasteiger partial charge in [-0.15, -0.1) is 0 Å². The molecule has 0 aliphatic rings. The van der Waals surface area contributed by atoms with E-state index in [2.05, 4.69) is 6.92 Å². The van der Waals surface area contributed by atoms with Gasteiger partial charge < -0.3 is 4.74 Å². The first-order valence-electron chi connectivity index (χ1n) is 4.76. The Balaban J connectivity index is 3.36. The van der Waals surface area contributed by atoms with Crippen molar-refractivity contribution in [2.45, 2.75) is 39.5 Å². The lowest BCUT2D eigenvalue weighted by Crippen LogP contribution is -2.09. The second-order valence-corrected chi connectivity index (χ2v) is 3.16. The van der Waals surface area contributed by atoms with Crippen LogP contribution in [0.1, 0.15) is 39.5 Å². The van der Waals surface area contributed by atoms with Crippen LogP contribution in [0.4, 0.5) is 0 Å².